The first kappa shape index (κ1) is 21.4. The molecule has 1 aromatic heterocycles. The van der Waals surface area contributed by atoms with Crippen LogP contribution in [-0.2, 0) is 15.8 Å². The van der Waals surface area contributed by atoms with Crippen LogP contribution in [0.2, 0.25) is 0 Å². The Kier molecular flexibility index (Phi) is 5.56. The predicted octanol–water partition coefficient (Wildman–Crippen LogP) is 4.79. The molecular weight excluding hydrogens is 421 g/mol. The minimum absolute atomic E-state index is 0.0278. The van der Waals surface area contributed by atoms with Gasteiger partial charge in [0, 0.05) is 18.8 Å². The van der Waals surface area contributed by atoms with Gasteiger partial charge in [0.2, 0.25) is 11.8 Å². The molecule has 1 atom stereocenters. The van der Waals surface area contributed by atoms with Gasteiger partial charge in [0.05, 0.1) is 24.3 Å². The van der Waals surface area contributed by atoms with Crippen molar-refractivity contribution in [2.45, 2.75) is 25.6 Å². The Morgan fingerprint density at radius 3 is 2.47 bits per heavy atom. The Morgan fingerprint density at radius 1 is 1.06 bits per heavy atom. The molecule has 2 heterocycles. The molecule has 0 saturated heterocycles. The molecule has 6 nitrogen and oxygen atoms in total. The molecule has 4 rings (SSSR count). The van der Waals surface area contributed by atoms with Crippen LogP contribution in [0.25, 0.3) is 11.8 Å². The first-order valence-electron chi connectivity index (χ1n) is 9.81. The van der Waals surface area contributed by atoms with Crippen LogP contribution in [0.3, 0.4) is 0 Å². The number of carbonyl (C=O) groups excluding carboxylic acids is 2. The van der Waals surface area contributed by atoms with Gasteiger partial charge in [-0.3, -0.25) is 9.59 Å². The Balaban J connectivity index is 1.49. The summed E-state index contributed by atoms with van der Waals surface area (Å²) in [5.74, 6) is -0.508. The average molecular weight is 440 g/mol. The van der Waals surface area contributed by atoms with E-state index in [1.54, 1.807) is 6.20 Å². The molecule has 32 heavy (non-hydrogen) atoms. The van der Waals surface area contributed by atoms with E-state index in [2.05, 4.69) is 10.4 Å². The number of aromatic nitrogens is 2. The van der Waals surface area contributed by atoms with Crippen molar-refractivity contribution in [1.82, 2.24) is 14.7 Å². The molecule has 0 saturated carbocycles. The highest BCUT2D eigenvalue weighted by molar-refractivity contribution is 5.92. The van der Waals surface area contributed by atoms with E-state index in [4.69, 9.17) is 0 Å². The second-order valence-electron chi connectivity index (χ2n) is 7.31. The monoisotopic (exact) mass is 440 g/mol. The Bertz CT molecular complexity index is 1180. The molecule has 2 amide bonds. The van der Waals surface area contributed by atoms with E-state index in [1.165, 1.54) is 36.1 Å². The van der Waals surface area contributed by atoms with Gasteiger partial charge in [-0.05, 0) is 47.5 Å². The Hall–Kier alpha value is -3.88. The molecule has 2 aromatic carbocycles. The lowest BCUT2D eigenvalue weighted by Gasteiger charge is -2.32. The van der Waals surface area contributed by atoms with Crippen LogP contribution >= 0.6 is 0 Å². The van der Waals surface area contributed by atoms with Crippen molar-refractivity contribution in [2.24, 2.45) is 0 Å². The standard InChI is InChI=1S/C23H19F3N4O2/c1-15(31)29-13-11-16-4-2-3-5-19(16)20(29)14-22(32)28-17-6-8-18(9-7-17)30-21(10-12-27-30)23(24,25)26/h2-13,20H,14H2,1H3,(H,28,32). The van der Waals surface area contributed by atoms with Gasteiger partial charge >= 0.3 is 6.18 Å². The molecule has 1 aliphatic rings. The number of hydrogen-bond donors (Lipinski definition) is 1. The van der Waals surface area contributed by atoms with Crippen molar-refractivity contribution in [3.05, 3.63) is 83.8 Å². The van der Waals surface area contributed by atoms with Crippen molar-refractivity contribution in [3.8, 4) is 5.69 Å². The van der Waals surface area contributed by atoms with Crippen LogP contribution < -0.4 is 5.32 Å². The van der Waals surface area contributed by atoms with Gasteiger partial charge in [-0.2, -0.15) is 18.3 Å². The Morgan fingerprint density at radius 2 is 1.78 bits per heavy atom. The van der Waals surface area contributed by atoms with Crippen molar-refractivity contribution in [1.29, 1.82) is 0 Å². The number of hydrogen-bond acceptors (Lipinski definition) is 3. The van der Waals surface area contributed by atoms with Crippen molar-refractivity contribution in [3.63, 3.8) is 0 Å². The van der Waals surface area contributed by atoms with Gasteiger partial charge in [0.25, 0.3) is 0 Å². The van der Waals surface area contributed by atoms with E-state index in [0.717, 1.165) is 28.1 Å². The van der Waals surface area contributed by atoms with Crippen LogP contribution in [0.15, 0.2) is 67.0 Å². The number of carbonyl (C=O) groups is 2. The highest BCUT2D eigenvalue weighted by Crippen LogP contribution is 2.33. The number of alkyl halides is 3. The van der Waals surface area contributed by atoms with Gasteiger partial charge in [0.15, 0.2) is 0 Å². The van der Waals surface area contributed by atoms with Gasteiger partial charge in [0.1, 0.15) is 5.69 Å². The minimum Gasteiger partial charge on any atom is -0.326 e. The number of rotatable bonds is 4. The number of nitrogens with zero attached hydrogens (tertiary/aromatic N) is 3. The second-order valence-corrected chi connectivity index (χ2v) is 7.31. The van der Waals surface area contributed by atoms with Gasteiger partial charge in [-0.1, -0.05) is 24.3 Å². The SMILES string of the molecule is CC(=O)N1C=Cc2ccccc2C1CC(=O)Nc1ccc(-n2nccc2C(F)(F)F)cc1. The molecular formula is C23H19F3N4O2. The van der Waals surface area contributed by atoms with Gasteiger partial charge in [-0.25, -0.2) is 4.68 Å². The summed E-state index contributed by atoms with van der Waals surface area (Å²) in [6.45, 7) is 1.44. The van der Waals surface area contributed by atoms with Crippen molar-refractivity contribution >= 4 is 23.6 Å². The summed E-state index contributed by atoms with van der Waals surface area (Å²) >= 11 is 0. The first-order chi connectivity index (χ1) is 15.2. The number of fused-ring (bicyclic) bond motifs is 1. The van der Waals surface area contributed by atoms with E-state index in [0.29, 0.717) is 5.69 Å². The fraction of sp³-hybridized carbons (Fsp3) is 0.174. The van der Waals surface area contributed by atoms with Crippen LogP contribution in [0.4, 0.5) is 18.9 Å². The number of nitrogens with one attached hydrogen (secondary N) is 1. The summed E-state index contributed by atoms with van der Waals surface area (Å²) in [5.41, 5.74) is 1.56. The highest BCUT2D eigenvalue weighted by atomic mass is 19.4. The maximum absolute atomic E-state index is 13.1. The quantitative estimate of drug-likeness (QED) is 0.634. The van der Waals surface area contributed by atoms with Crippen LogP contribution in [0.1, 0.15) is 36.2 Å². The van der Waals surface area contributed by atoms with Crippen molar-refractivity contribution in [2.75, 3.05) is 5.32 Å². The molecule has 0 fully saturated rings. The van der Waals surface area contributed by atoms with E-state index >= 15 is 0 Å². The van der Waals surface area contributed by atoms with Crippen LogP contribution in [0.5, 0.6) is 0 Å². The second kappa shape index (κ2) is 8.33. The largest absolute Gasteiger partial charge is 0.433 e. The number of benzene rings is 2. The molecule has 0 bridgehead atoms. The molecule has 164 valence electrons. The number of amides is 2. The molecule has 9 heteroatoms. The third-order valence-corrected chi connectivity index (χ3v) is 5.18. The third-order valence-electron chi connectivity index (χ3n) is 5.18. The summed E-state index contributed by atoms with van der Waals surface area (Å²) < 4.78 is 40.0. The lowest BCUT2D eigenvalue weighted by molar-refractivity contribution is -0.142. The summed E-state index contributed by atoms with van der Waals surface area (Å²) in [6.07, 6.45) is 0.0700. The molecule has 0 spiro atoms. The van der Waals surface area contributed by atoms with Crippen LogP contribution in [0, 0.1) is 0 Å². The van der Waals surface area contributed by atoms with Gasteiger partial charge in [-0.15, -0.1) is 0 Å². The molecule has 3 aromatic rings. The zero-order valence-corrected chi connectivity index (χ0v) is 17.0. The topological polar surface area (TPSA) is 67.2 Å². The van der Waals surface area contributed by atoms with Crippen molar-refractivity contribution < 1.29 is 22.8 Å². The third kappa shape index (κ3) is 4.27. The molecule has 1 unspecified atom stereocenters. The fourth-order valence-corrected chi connectivity index (χ4v) is 3.71. The van der Waals surface area contributed by atoms with E-state index in [9.17, 15) is 22.8 Å². The first-order valence-corrected chi connectivity index (χ1v) is 9.81. The molecule has 0 radical (unpaired) electrons. The fourth-order valence-electron chi connectivity index (χ4n) is 3.71. The summed E-state index contributed by atoms with van der Waals surface area (Å²) in [6, 6.07) is 13.9. The maximum atomic E-state index is 13.1. The van der Waals surface area contributed by atoms with E-state index in [-0.39, 0.29) is 23.9 Å². The number of anilines is 1. The average Bonchev–Trinajstić information content (AvgIpc) is 3.25. The normalized spacial score (nSPS) is 15.4. The summed E-state index contributed by atoms with van der Waals surface area (Å²) in [4.78, 5) is 26.3. The highest BCUT2D eigenvalue weighted by Gasteiger charge is 2.35. The molecule has 0 aliphatic carbocycles. The van der Waals surface area contributed by atoms with E-state index in [1.807, 2.05) is 30.3 Å². The molecule has 1 aliphatic heterocycles. The summed E-state index contributed by atoms with van der Waals surface area (Å²) in [5, 5.41) is 6.48. The zero-order chi connectivity index (χ0) is 22.9. The number of halogens is 3. The maximum Gasteiger partial charge on any atom is 0.433 e. The van der Waals surface area contributed by atoms with E-state index < -0.39 is 17.9 Å². The predicted molar refractivity (Wildman–Crippen MR) is 113 cm³/mol. The van der Waals surface area contributed by atoms with Crippen LogP contribution in [-0.4, -0.2) is 26.5 Å². The molecule has 1 N–H and O–H groups in total. The smallest absolute Gasteiger partial charge is 0.326 e. The minimum atomic E-state index is -4.53. The van der Waals surface area contributed by atoms with Gasteiger partial charge < -0.3 is 10.2 Å². The lowest BCUT2D eigenvalue weighted by Crippen LogP contribution is -2.33. The summed E-state index contributed by atoms with van der Waals surface area (Å²) in [7, 11) is 0. The lowest BCUT2D eigenvalue weighted by atomic mass is 9.93. The Labute approximate surface area is 182 Å². The zero-order valence-electron chi connectivity index (χ0n) is 17.0.